The Bertz CT molecular complexity index is 1370. The molecule has 2 amide bonds. The van der Waals surface area contributed by atoms with E-state index < -0.39 is 41.3 Å². The number of nitrogens with one attached hydrogen (secondary N) is 1. The molecule has 1 aliphatic heterocycles. The summed E-state index contributed by atoms with van der Waals surface area (Å²) in [5.74, 6) is -2.33. The van der Waals surface area contributed by atoms with Gasteiger partial charge in [0.1, 0.15) is 23.5 Å². The zero-order chi connectivity index (χ0) is 27.9. The Morgan fingerprint density at radius 2 is 1.92 bits per heavy atom. The SMILES string of the molecule is Cc1cc(C(F)(F)F)cc(N2C(=O)C(CNc3cc(C)n(C)n3)C[C@H]2C(=O)N(C)c2ccc(F)c(Cl)c2)n1. The molecular formula is C25H25ClF4N6O2. The van der Waals surface area contributed by atoms with Gasteiger partial charge in [-0.2, -0.15) is 18.3 Å². The zero-order valence-corrected chi connectivity index (χ0v) is 21.7. The summed E-state index contributed by atoms with van der Waals surface area (Å²) in [4.78, 5) is 33.5. The third-order valence-electron chi connectivity index (χ3n) is 6.47. The summed E-state index contributed by atoms with van der Waals surface area (Å²) in [6.07, 6.45) is -4.67. The van der Waals surface area contributed by atoms with E-state index >= 15 is 0 Å². The molecule has 1 aromatic carbocycles. The van der Waals surface area contributed by atoms with E-state index in [1.54, 1.807) is 17.8 Å². The molecule has 1 fully saturated rings. The first-order chi connectivity index (χ1) is 17.8. The maximum absolute atomic E-state index is 13.7. The van der Waals surface area contributed by atoms with Crippen LogP contribution in [0.5, 0.6) is 0 Å². The Morgan fingerprint density at radius 1 is 1.21 bits per heavy atom. The number of amides is 2. The van der Waals surface area contributed by atoms with Gasteiger partial charge < -0.3 is 10.2 Å². The molecule has 8 nitrogen and oxygen atoms in total. The highest BCUT2D eigenvalue weighted by Gasteiger charge is 2.46. The van der Waals surface area contributed by atoms with Crippen molar-refractivity contribution in [2.75, 3.05) is 28.7 Å². The number of likely N-dealkylation sites (N-methyl/N-ethyl adjacent to an activating group) is 1. The fourth-order valence-electron chi connectivity index (χ4n) is 4.34. The quantitative estimate of drug-likeness (QED) is 0.447. The standard InChI is InChI=1S/C25H25ClF4N6O2/c1-13-7-16(25(28,29)30)10-22(32-13)36-20(24(38)34(3)17-5-6-19(27)18(26)11-17)9-15(23(36)37)12-31-21-8-14(2)35(4)33-21/h5-8,10-11,15,20H,9,12H2,1-4H3,(H,31,33)/t15?,20-/m0/s1. The zero-order valence-electron chi connectivity index (χ0n) is 21.0. The van der Waals surface area contributed by atoms with Crippen LogP contribution in [0.3, 0.4) is 0 Å². The van der Waals surface area contributed by atoms with Crippen LogP contribution in [0.4, 0.5) is 34.9 Å². The van der Waals surface area contributed by atoms with Crippen LogP contribution in [-0.4, -0.2) is 46.2 Å². The number of hydrogen-bond acceptors (Lipinski definition) is 5. The fraction of sp³-hybridized carbons (Fsp3) is 0.360. The summed E-state index contributed by atoms with van der Waals surface area (Å²) in [6.45, 7) is 3.33. The van der Waals surface area contributed by atoms with Gasteiger partial charge in [0.05, 0.1) is 16.5 Å². The number of carbonyl (C=O) groups excluding carboxylic acids is 2. The molecule has 202 valence electrons. The van der Waals surface area contributed by atoms with Crippen LogP contribution in [-0.2, 0) is 22.8 Å². The second-order valence-corrected chi connectivity index (χ2v) is 9.59. The van der Waals surface area contributed by atoms with Gasteiger partial charge in [-0.25, -0.2) is 9.37 Å². The van der Waals surface area contributed by atoms with Crippen LogP contribution >= 0.6 is 11.6 Å². The van der Waals surface area contributed by atoms with Crippen LogP contribution < -0.4 is 15.1 Å². The molecule has 38 heavy (non-hydrogen) atoms. The highest BCUT2D eigenvalue weighted by atomic mass is 35.5. The topological polar surface area (TPSA) is 83.4 Å². The number of alkyl halides is 3. The molecule has 1 N–H and O–H groups in total. The maximum atomic E-state index is 13.7. The van der Waals surface area contributed by atoms with Crippen molar-refractivity contribution < 1.29 is 27.2 Å². The predicted molar refractivity (Wildman–Crippen MR) is 135 cm³/mol. The van der Waals surface area contributed by atoms with Gasteiger partial charge in [-0.3, -0.25) is 19.2 Å². The van der Waals surface area contributed by atoms with E-state index in [0.29, 0.717) is 5.82 Å². The van der Waals surface area contributed by atoms with E-state index in [1.165, 1.54) is 31.0 Å². The third kappa shape index (κ3) is 5.45. The summed E-state index contributed by atoms with van der Waals surface area (Å²) in [7, 11) is 3.18. The lowest BCUT2D eigenvalue weighted by molar-refractivity contribution is -0.137. The fourth-order valence-corrected chi connectivity index (χ4v) is 4.51. The minimum Gasteiger partial charge on any atom is -0.368 e. The second kappa shape index (κ2) is 10.2. The van der Waals surface area contributed by atoms with E-state index in [0.717, 1.165) is 28.8 Å². The second-order valence-electron chi connectivity index (χ2n) is 9.18. The molecule has 1 saturated heterocycles. The van der Waals surface area contributed by atoms with E-state index in [-0.39, 0.29) is 35.2 Å². The number of aromatic nitrogens is 3. The molecule has 13 heteroatoms. The Morgan fingerprint density at radius 3 is 2.53 bits per heavy atom. The van der Waals surface area contributed by atoms with E-state index in [4.69, 9.17) is 11.6 Å². The maximum Gasteiger partial charge on any atom is 0.416 e. The lowest BCUT2D eigenvalue weighted by atomic mass is 10.0. The molecule has 1 unspecified atom stereocenters. The van der Waals surface area contributed by atoms with Gasteiger partial charge in [-0.1, -0.05) is 11.6 Å². The van der Waals surface area contributed by atoms with Gasteiger partial charge >= 0.3 is 6.18 Å². The molecule has 2 atom stereocenters. The normalized spacial score (nSPS) is 17.7. The Labute approximate surface area is 221 Å². The van der Waals surface area contributed by atoms with Crippen LogP contribution in [0.1, 0.15) is 23.4 Å². The molecule has 0 saturated carbocycles. The Balaban J connectivity index is 1.69. The van der Waals surface area contributed by atoms with Gasteiger partial charge in [-0.05, 0) is 50.6 Å². The van der Waals surface area contributed by atoms with Crippen LogP contribution in [0.2, 0.25) is 5.02 Å². The number of nitrogens with zero attached hydrogens (tertiary/aromatic N) is 5. The molecule has 0 bridgehead atoms. The summed E-state index contributed by atoms with van der Waals surface area (Å²) in [6, 6.07) is 5.94. The molecule has 0 aliphatic carbocycles. The number of rotatable bonds is 6. The van der Waals surface area contributed by atoms with E-state index in [1.807, 2.05) is 6.92 Å². The van der Waals surface area contributed by atoms with Crippen molar-refractivity contribution in [1.29, 1.82) is 0 Å². The predicted octanol–water partition coefficient (Wildman–Crippen LogP) is 4.74. The highest BCUT2D eigenvalue weighted by Crippen LogP contribution is 2.36. The van der Waals surface area contributed by atoms with Crippen LogP contribution in [0, 0.1) is 25.6 Å². The first-order valence-electron chi connectivity index (χ1n) is 11.6. The van der Waals surface area contributed by atoms with Crippen molar-refractivity contribution in [2.45, 2.75) is 32.5 Å². The molecule has 4 rings (SSSR count). The lowest BCUT2D eigenvalue weighted by Crippen LogP contribution is -2.46. The summed E-state index contributed by atoms with van der Waals surface area (Å²) in [5.41, 5.74) is 0.192. The number of aryl methyl sites for hydroxylation is 3. The van der Waals surface area contributed by atoms with Crippen molar-refractivity contribution in [2.24, 2.45) is 13.0 Å². The molecule has 0 spiro atoms. The number of halogens is 5. The van der Waals surface area contributed by atoms with E-state index in [2.05, 4.69) is 15.4 Å². The molecule has 3 heterocycles. The largest absolute Gasteiger partial charge is 0.416 e. The summed E-state index contributed by atoms with van der Waals surface area (Å²) in [5, 5.41) is 7.15. The molecule has 2 aromatic heterocycles. The Hall–Kier alpha value is -3.67. The van der Waals surface area contributed by atoms with Gasteiger partial charge in [-0.15, -0.1) is 0 Å². The van der Waals surface area contributed by atoms with Crippen molar-refractivity contribution in [3.05, 3.63) is 64.2 Å². The van der Waals surface area contributed by atoms with E-state index in [9.17, 15) is 27.2 Å². The van der Waals surface area contributed by atoms with Crippen molar-refractivity contribution >= 4 is 40.7 Å². The minimum atomic E-state index is -4.68. The first-order valence-corrected chi connectivity index (χ1v) is 12.0. The molecule has 1 aliphatic rings. The highest BCUT2D eigenvalue weighted by molar-refractivity contribution is 6.31. The molecule has 3 aromatic rings. The monoisotopic (exact) mass is 552 g/mol. The first kappa shape index (κ1) is 27.4. The van der Waals surface area contributed by atoms with Gasteiger partial charge in [0.15, 0.2) is 0 Å². The number of anilines is 3. The summed E-state index contributed by atoms with van der Waals surface area (Å²) < 4.78 is 56.0. The molecular weight excluding hydrogens is 528 g/mol. The van der Waals surface area contributed by atoms with Crippen LogP contribution in [0.25, 0.3) is 0 Å². The number of pyridine rings is 1. The average Bonchev–Trinajstić information content (AvgIpc) is 3.35. The van der Waals surface area contributed by atoms with Crippen molar-refractivity contribution in [3.8, 4) is 0 Å². The van der Waals surface area contributed by atoms with Crippen molar-refractivity contribution in [1.82, 2.24) is 14.8 Å². The number of hydrogen-bond donors (Lipinski definition) is 1. The number of carbonyl (C=O) groups is 2. The smallest absolute Gasteiger partial charge is 0.368 e. The van der Waals surface area contributed by atoms with Gasteiger partial charge in [0.25, 0.3) is 0 Å². The lowest BCUT2D eigenvalue weighted by Gasteiger charge is -2.28. The summed E-state index contributed by atoms with van der Waals surface area (Å²) >= 11 is 5.87. The Kier molecular flexibility index (Phi) is 7.37. The minimum absolute atomic E-state index is 0.00667. The average molecular weight is 553 g/mol. The third-order valence-corrected chi connectivity index (χ3v) is 6.76. The van der Waals surface area contributed by atoms with Crippen molar-refractivity contribution in [3.63, 3.8) is 0 Å². The number of benzene rings is 1. The van der Waals surface area contributed by atoms with Crippen LogP contribution in [0.15, 0.2) is 36.4 Å². The van der Waals surface area contributed by atoms with Gasteiger partial charge in [0, 0.05) is 43.8 Å². The molecule has 0 radical (unpaired) electrons. The van der Waals surface area contributed by atoms with Gasteiger partial charge in [0.2, 0.25) is 11.8 Å².